The van der Waals surface area contributed by atoms with Gasteiger partial charge in [-0.15, -0.1) is 6.42 Å². The van der Waals surface area contributed by atoms with Gasteiger partial charge in [-0.25, -0.2) is 19.2 Å². The fraction of sp³-hybridized carbons (Fsp3) is 0.588. The fourth-order valence-electron chi connectivity index (χ4n) is 4.39. The molecule has 0 radical (unpaired) electrons. The van der Waals surface area contributed by atoms with Gasteiger partial charge in [-0.05, 0) is 69.8 Å². The number of nitrogens with one attached hydrogen (secondary N) is 5. The average molecular weight is 719 g/mol. The predicted molar refractivity (Wildman–Crippen MR) is 190 cm³/mol. The molecule has 2 atom stereocenters. The molecule has 2 unspecified atom stereocenters. The number of rotatable bonds is 18. The van der Waals surface area contributed by atoms with E-state index in [0.717, 1.165) is 0 Å². The molecular formula is C34H54N8O9. The molecule has 0 spiro atoms. The first kappa shape index (κ1) is 43.8. The molecule has 0 bridgehead atoms. The Morgan fingerprint density at radius 2 is 1.61 bits per heavy atom. The highest BCUT2D eigenvalue weighted by molar-refractivity contribution is 5.98. The molecule has 1 aromatic carbocycles. The van der Waals surface area contributed by atoms with Crippen LogP contribution in [0.1, 0.15) is 58.6 Å². The average Bonchev–Trinajstić information content (AvgIpc) is 3.04. The zero-order chi connectivity index (χ0) is 38.7. The monoisotopic (exact) mass is 718 g/mol. The van der Waals surface area contributed by atoms with Crippen molar-refractivity contribution in [3.8, 4) is 12.3 Å². The number of terminal acetylenes is 1. The van der Waals surface area contributed by atoms with E-state index in [-0.39, 0.29) is 45.1 Å². The maximum atomic E-state index is 13.7. The summed E-state index contributed by atoms with van der Waals surface area (Å²) in [6.07, 6.45) is 3.54. The molecule has 51 heavy (non-hydrogen) atoms. The van der Waals surface area contributed by atoms with Gasteiger partial charge in [0.25, 0.3) is 0 Å². The first-order valence-corrected chi connectivity index (χ1v) is 16.5. The minimum Gasteiger partial charge on any atom is -0.445 e. The topological polar surface area (TPSA) is 223 Å². The van der Waals surface area contributed by atoms with Gasteiger partial charge in [-0.2, -0.15) is 0 Å². The summed E-state index contributed by atoms with van der Waals surface area (Å²) in [5.74, 6) is 0.643. The zero-order valence-corrected chi connectivity index (χ0v) is 30.8. The van der Waals surface area contributed by atoms with Crippen LogP contribution in [0, 0.1) is 18.3 Å². The highest BCUT2D eigenvalue weighted by Gasteiger charge is 2.30. The fourth-order valence-corrected chi connectivity index (χ4v) is 4.39. The minimum absolute atomic E-state index is 0.000940. The van der Waals surface area contributed by atoms with Crippen LogP contribution >= 0.6 is 0 Å². The van der Waals surface area contributed by atoms with Crippen molar-refractivity contribution in [3.63, 3.8) is 0 Å². The number of nitrogens with zero attached hydrogens (tertiary/aromatic N) is 2. The van der Waals surface area contributed by atoms with Gasteiger partial charge in [0.05, 0.1) is 0 Å². The molecule has 0 fully saturated rings. The second kappa shape index (κ2) is 21.8. The van der Waals surface area contributed by atoms with Crippen molar-refractivity contribution in [2.45, 2.75) is 78.3 Å². The number of benzene rings is 1. The zero-order valence-electron chi connectivity index (χ0n) is 30.8. The van der Waals surface area contributed by atoms with Gasteiger partial charge in [0.1, 0.15) is 24.3 Å². The number of carbonyl (C=O) groups is 6. The molecule has 7 N–H and O–H groups in total. The van der Waals surface area contributed by atoms with E-state index in [1.807, 2.05) is 0 Å². The van der Waals surface area contributed by atoms with Crippen molar-refractivity contribution in [3.05, 3.63) is 29.3 Å². The Kier molecular flexibility index (Phi) is 18.7. The lowest BCUT2D eigenvalue weighted by Crippen LogP contribution is -2.55. The van der Waals surface area contributed by atoms with Crippen molar-refractivity contribution >= 4 is 41.8 Å². The van der Waals surface area contributed by atoms with Gasteiger partial charge in [0, 0.05) is 46.0 Å². The second-order valence-corrected chi connectivity index (χ2v) is 13.0. The third kappa shape index (κ3) is 17.3. The molecule has 1 aromatic rings. The van der Waals surface area contributed by atoms with Crippen LogP contribution in [0.15, 0.2) is 18.2 Å². The molecule has 1 rings (SSSR count). The molecule has 0 aromatic heterocycles. The molecule has 284 valence electrons. The van der Waals surface area contributed by atoms with E-state index in [1.165, 1.54) is 16.8 Å². The molecule has 0 aliphatic rings. The van der Waals surface area contributed by atoms with E-state index in [0.29, 0.717) is 29.9 Å². The number of urea groups is 1. The SMILES string of the molecule is C#CCOC(=O)N(C)Cc1cc(NC(=O)C(CCCNC(N)=O)NC(=O)C(NC(=O)OC(C)(C)C)C(C)C)ccc1COC(=O)N(C)CCNC. The predicted octanol–water partition coefficient (Wildman–Crippen LogP) is 2.10. The maximum absolute atomic E-state index is 13.7. The smallest absolute Gasteiger partial charge is 0.410 e. The summed E-state index contributed by atoms with van der Waals surface area (Å²) in [5.41, 5.74) is 5.75. The van der Waals surface area contributed by atoms with E-state index in [9.17, 15) is 28.8 Å². The van der Waals surface area contributed by atoms with Gasteiger partial charge in [-0.3, -0.25) is 9.59 Å². The number of carbonyl (C=O) groups excluding carboxylic acids is 6. The summed E-state index contributed by atoms with van der Waals surface area (Å²) < 4.78 is 15.8. The first-order valence-electron chi connectivity index (χ1n) is 16.5. The summed E-state index contributed by atoms with van der Waals surface area (Å²) in [7, 11) is 4.86. The summed E-state index contributed by atoms with van der Waals surface area (Å²) in [4.78, 5) is 78.4. The van der Waals surface area contributed by atoms with Crippen molar-refractivity contribution in [1.29, 1.82) is 0 Å². The number of hydrogen-bond acceptors (Lipinski definition) is 10. The lowest BCUT2D eigenvalue weighted by molar-refractivity contribution is -0.128. The van der Waals surface area contributed by atoms with Gasteiger partial charge >= 0.3 is 24.3 Å². The Bertz CT molecular complexity index is 1390. The van der Waals surface area contributed by atoms with E-state index in [4.69, 9.17) is 26.4 Å². The first-order chi connectivity index (χ1) is 23.9. The number of nitrogens with two attached hydrogens (primary N) is 1. The van der Waals surface area contributed by atoms with Crippen molar-refractivity contribution in [1.82, 2.24) is 31.1 Å². The Labute approximate surface area is 300 Å². The van der Waals surface area contributed by atoms with E-state index in [2.05, 4.69) is 32.5 Å². The maximum Gasteiger partial charge on any atom is 0.410 e. The molecule has 0 aliphatic heterocycles. The quantitative estimate of drug-likeness (QED) is 0.0737. The highest BCUT2D eigenvalue weighted by Crippen LogP contribution is 2.20. The number of amides is 7. The van der Waals surface area contributed by atoms with Crippen LogP contribution in [0.25, 0.3) is 0 Å². The number of alkyl carbamates (subject to hydrolysis) is 1. The molecule has 17 heteroatoms. The van der Waals surface area contributed by atoms with Gasteiger partial charge < -0.3 is 56.3 Å². The molecule has 0 heterocycles. The number of primary amides is 1. The van der Waals surface area contributed by atoms with Gasteiger partial charge in [-0.1, -0.05) is 25.8 Å². The molecule has 17 nitrogen and oxygen atoms in total. The Balaban J connectivity index is 3.32. The van der Waals surface area contributed by atoms with Crippen molar-refractivity contribution < 1.29 is 43.0 Å². The van der Waals surface area contributed by atoms with E-state index < -0.39 is 53.8 Å². The number of ether oxygens (including phenoxy) is 3. The molecule has 0 saturated carbocycles. The van der Waals surface area contributed by atoms with E-state index >= 15 is 0 Å². The van der Waals surface area contributed by atoms with Crippen molar-refractivity contribution in [2.24, 2.45) is 11.7 Å². The van der Waals surface area contributed by atoms with Crippen LogP contribution < -0.4 is 32.3 Å². The van der Waals surface area contributed by atoms with Crippen LogP contribution in [-0.2, 0) is 37.0 Å². The summed E-state index contributed by atoms with van der Waals surface area (Å²) >= 11 is 0. The normalized spacial score (nSPS) is 12.0. The van der Waals surface area contributed by atoms with Crippen LogP contribution in [0.5, 0.6) is 0 Å². The van der Waals surface area contributed by atoms with Crippen molar-refractivity contribution in [2.75, 3.05) is 52.7 Å². The highest BCUT2D eigenvalue weighted by atomic mass is 16.6. The number of anilines is 1. The lowest BCUT2D eigenvalue weighted by atomic mass is 10.0. The number of likely N-dealkylation sites (N-methyl/N-ethyl adjacent to an activating group) is 2. The van der Waals surface area contributed by atoms with Crippen LogP contribution in [0.4, 0.5) is 24.9 Å². The molecule has 7 amide bonds. The van der Waals surface area contributed by atoms with Crippen LogP contribution in [0.2, 0.25) is 0 Å². The minimum atomic E-state index is -1.10. The summed E-state index contributed by atoms with van der Waals surface area (Å²) in [6.45, 7) is 9.30. The molecule has 0 aliphatic carbocycles. The van der Waals surface area contributed by atoms with Crippen LogP contribution in [0.3, 0.4) is 0 Å². The Hall–Kier alpha value is -5.24. The Morgan fingerprint density at radius 3 is 2.20 bits per heavy atom. The second-order valence-electron chi connectivity index (χ2n) is 13.0. The number of hydrogen-bond donors (Lipinski definition) is 6. The van der Waals surface area contributed by atoms with Gasteiger partial charge in [0.2, 0.25) is 11.8 Å². The largest absolute Gasteiger partial charge is 0.445 e. The summed E-state index contributed by atoms with van der Waals surface area (Å²) in [6, 6.07) is 1.95. The third-order valence-electron chi connectivity index (χ3n) is 7.06. The molecule has 0 saturated heterocycles. The standard InChI is InChI=1S/C34H54N8O9/c1-10-18-49-33(48)42(9)20-24-19-25(14-13-23(24)21-50-32(47)41(8)17-16-36-7)38-28(43)26(12-11-15-37-30(35)45)39-29(44)27(22(2)3)40-31(46)51-34(4,5)6/h1,13-14,19,22,26-27,36H,11-12,15-18,20-21H2,2-9H3,(H,38,43)(H,39,44)(H,40,46)(H3,35,37,45). The molecular weight excluding hydrogens is 664 g/mol. The van der Waals surface area contributed by atoms with E-state index in [1.54, 1.807) is 66.9 Å². The van der Waals surface area contributed by atoms with Gasteiger partial charge in [0.15, 0.2) is 6.61 Å². The Morgan fingerprint density at radius 1 is 0.941 bits per heavy atom. The van der Waals surface area contributed by atoms with Crippen LogP contribution in [-0.4, -0.2) is 111 Å². The lowest BCUT2D eigenvalue weighted by Gasteiger charge is -2.27. The summed E-state index contributed by atoms with van der Waals surface area (Å²) in [5, 5.41) is 13.5. The third-order valence-corrected chi connectivity index (χ3v) is 7.06.